The molecule has 0 aliphatic carbocycles. The van der Waals surface area contributed by atoms with Gasteiger partial charge in [0.15, 0.2) is 5.40 Å². The summed E-state index contributed by atoms with van der Waals surface area (Å²) in [6, 6.07) is 20.9. The minimum absolute atomic E-state index is 0.248. The van der Waals surface area contributed by atoms with Gasteiger partial charge >= 0.3 is 15.2 Å². The molecule has 0 bridgehead atoms. The number of ether oxygens (including phenoxy) is 2. The maximum Gasteiger partial charge on any atom is 0.342 e. The van der Waals surface area contributed by atoms with E-state index >= 15 is 0 Å². The van der Waals surface area contributed by atoms with Gasteiger partial charge in [0.25, 0.3) is 0 Å². The van der Waals surface area contributed by atoms with Crippen molar-refractivity contribution in [2.45, 2.75) is 36.1 Å². The number of rotatable bonds is 8. The van der Waals surface area contributed by atoms with Crippen molar-refractivity contribution >= 4 is 21.0 Å². The fraction of sp³-hybridized carbons (Fsp3) is 0.303. The summed E-state index contributed by atoms with van der Waals surface area (Å²) >= 11 is 0. The van der Waals surface area contributed by atoms with E-state index in [9.17, 15) is 49.1 Å². The van der Waals surface area contributed by atoms with E-state index in [1.54, 1.807) is 72.8 Å². The molecule has 5 atom stereocenters. The standard InChI is InChI=1S/C33H34N2O12P2/c36-20-27-29(37)30(38)31(39)33(47-27)46-26-6-2-4-24(18-26)14-12-22-9-7-21(8-10-22)11-13-23-3-1-5-25(17-23)32-34-15-16-35(32)19-28(48(40,41)42)49(43,44)45/h1-10,17-18,27-31,33,36-39H,15-16,19-20H2,(H2,40,41,42)(H2,43,44,45). The average molecular weight is 713 g/mol. The van der Waals surface area contributed by atoms with E-state index in [4.69, 9.17) is 9.47 Å². The van der Waals surface area contributed by atoms with Crippen LogP contribution in [0.5, 0.6) is 5.75 Å². The van der Waals surface area contributed by atoms with Crippen molar-refractivity contribution in [1.29, 1.82) is 0 Å². The summed E-state index contributed by atoms with van der Waals surface area (Å²) in [5, 5.41) is 37.4. The second-order valence-electron chi connectivity index (χ2n) is 11.3. The van der Waals surface area contributed by atoms with Crippen LogP contribution < -0.4 is 4.74 Å². The molecule has 0 amide bonds. The van der Waals surface area contributed by atoms with Crippen LogP contribution in [-0.4, -0.2) is 113 Å². The molecule has 5 rings (SSSR count). The van der Waals surface area contributed by atoms with Gasteiger partial charge in [-0.15, -0.1) is 0 Å². The molecule has 2 heterocycles. The van der Waals surface area contributed by atoms with E-state index in [-0.39, 0.29) is 6.54 Å². The van der Waals surface area contributed by atoms with Gasteiger partial charge in [-0.2, -0.15) is 0 Å². The molecule has 0 aromatic heterocycles. The monoisotopic (exact) mass is 712 g/mol. The number of aliphatic imine (C=N–C) groups is 1. The van der Waals surface area contributed by atoms with E-state index in [2.05, 4.69) is 28.7 Å². The third-order valence-corrected chi connectivity index (χ3v) is 11.4. The van der Waals surface area contributed by atoms with Crippen molar-refractivity contribution in [2.75, 3.05) is 26.2 Å². The summed E-state index contributed by atoms with van der Waals surface area (Å²) in [5.41, 5.74) is 3.22. The Hall–Kier alpha value is -3.85. The molecule has 16 heteroatoms. The Labute approximate surface area is 281 Å². The van der Waals surface area contributed by atoms with Gasteiger partial charge in [0.1, 0.15) is 36.0 Å². The molecule has 5 unspecified atom stereocenters. The fourth-order valence-electron chi connectivity index (χ4n) is 5.15. The third-order valence-electron chi connectivity index (χ3n) is 7.73. The molecule has 2 aliphatic heterocycles. The number of hydrogen-bond donors (Lipinski definition) is 8. The Bertz CT molecular complexity index is 1880. The minimum Gasteiger partial charge on any atom is -0.462 e. The largest absolute Gasteiger partial charge is 0.462 e. The highest BCUT2D eigenvalue weighted by atomic mass is 31.2. The zero-order valence-corrected chi connectivity index (χ0v) is 27.5. The van der Waals surface area contributed by atoms with E-state index in [0.29, 0.717) is 45.9 Å². The highest BCUT2D eigenvalue weighted by Crippen LogP contribution is 2.60. The molecular weight excluding hydrogens is 678 g/mol. The van der Waals surface area contributed by atoms with Gasteiger partial charge in [-0.05, 0) is 54.6 Å². The lowest BCUT2D eigenvalue weighted by Gasteiger charge is -2.39. The molecule has 1 fully saturated rings. The van der Waals surface area contributed by atoms with E-state index in [0.717, 1.165) is 0 Å². The number of nitrogens with zero attached hydrogens (tertiary/aromatic N) is 2. The normalized spacial score (nSPS) is 22.5. The molecule has 49 heavy (non-hydrogen) atoms. The van der Waals surface area contributed by atoms with Crippen LogP contribution in [0.4, 0.5) is 0 Å². The van der Waals surface area contributed by atoms with Crippen LogP contribution in [0.25, 0.3) is 0 Å². The zero-order chi connectivity index (χ0) is 35.3. The first-order valence-corrected chi connectivity index (χ1v) is 18.3. The zero-order valence-electron chi connectivity index (χ0n) is 25.7. The maximum atomic E-state index is 11.8. The molecule has 14 nitrogen and oxygen atoms in total. The number of hydrogen-bond acceptors (Lipinski definition) is 10. The van der Waals surface area contributed by atoms with Gasteiger partial charge in [-0.1, -0.05) is 41.9 Å². The van der Waals surface area contributed by atoms with Crippen LogP contribution in [0.3, 0.4) is 0 Å². The second-order valence-corrected chi connectivity index (χ2v) is 15.3. The SMILES string of the molecule is O=P(O)(O)C(CN1CCN=C1c1cccc(C#Cc2ccc(C#Cc3cccc(OC4OC(CO)C(O)C(O)C4O)c3)cc2)c1)P(=O)(O)O. The molecule has 3 aromatic carbocycles. The summed E-state index contributed by atoms with van der Waals surface area (Å²) in [7, 11) is -10.2. The summed E-state index contributed by atoms with van der Waals surface area (Å²) in [6.07, 6.45) is -6.99. The fourth-order valence-corrected chi connectivity index (χ4v) is 7.53. The first-order valence-electron chi connectivity index (χ1n) is 14.9. The lowest BCUT2D eigenvalue weighted by Crippen LogP contribution is -2.60. The van der Waals surface area contributed by atoms with Crippen molar-refractivity contribution in [3.05, 3.63) is 101 Å². The molecule has 258 valence electrons. The highest BCUT2D eigenvalue weighted by Gasteiger charge is 2.46. The number of benzene rings is 3. The van der Waals surface area contributed by atoms with Gasteiger partial charge < -0.3 is 54.4 Å². The molecule has 3 aromatic rings. The summed E-state index contributed by atoms with van der Waals surface area (Å²) in [5.74, 6) is 12.9. The van der Waals surface area contributed by atoms with E-state index in [1.807, 2.05) is 0 Å². The van der Waals surface area contributed by atoms with Crippen molar-refractivity contribution < 1.29 is 58.6 Å². The predicted molar refractivity (Wildman–Crippen MR) is 177 cm³/mol. The molecular formula is C33H34N2O12P2. The lowest BCUT2D eigenvalue weighted by atomic mass is 9.99. The lowest BCUT2D eigenvalue weighted by molar-refractivity contribution is -0.277. The van der Waals surface area contributed by atoms with Gasteiger partial charge in [0.2, 0.25) is 6.29 Å². The van der Waals surface area contributed by atoms with Crippen LogP contribution in [-0.2, 0) is 13.9 Å². The predicted octanol–water partition coefficient (Wildman–Crippen LogP) is 0.409. The Morgan fingerprint density at radius 1 is 0.796 bits per heavy atom. The quantitative estimate of drug-likeness (QED) is 0.117. The Kier molecular flexibility index (Phi) is 11.4. The van der Waals surface area contributed by atoms with Crippen LogP contribution in [0.1, 0.15) is 27.8 Å². The number of amidine groups is 1. The first-order chi connectivity index (χ1) is 23.2. The number of aliphatic hydroxyl groups excluding tert-OH is 4. The maximum absolute atomic E-state index is 11.8. The van der Waals surface area contributed by atoms with Crippen molar-refractivity contribution in [2.24, 2.45) is 4.99 Å². The molecule has 0 saturated carbocycles. The highest BCUT2D eigenvalue weighted by molar-refractivity contribution is 7.70. The average Bonchev–Trinajstić information content (AvgIpc) is 3.54. The second kappa shape index (κ2) is 15.4. The minimum atomic E-state index is -5.09. The van der Waals surface area contributed by atoms with Crippen LogP contribution >= 0.6 is 15.2 Å². The first kappa shape index (κ1) is 36.4. The topological polar surface area (TPSA) is 230 Å². The Balaban J connectivity index is 1.23. The Morgan fingerprint density at radius 3 is 1.96 bits per heavy atom. The third kappa shape index (κ3) is 9.24. The van der Waals surface area contributed by atoms with Crippen molar-refractivity contribution in [3.63, 3.8) is 0 Å². The van der Waals surface area contributed by atoms with Crippen LogP contribution in [0.15, 0.2) is 77.8 Å². The van der Waals surface area contributed by atoms with Crippen molar-refractivity contribution in [1.82, 2.24) is 4.90 Å². The molecule has 2 aliphatic rings. The molecule has 0 spiro atoms. The summed E-state index contributed by atoms with van der Waals surface area (Å²) < 4.78 is 34.7. The van der Waals surface area contributed by atoms with Crippen LogP contribution in [0.2, 0.25) is 0 Å². The van der Waals surface area contributed by atoms with Gasteiger partial charge in [-0.25, -0.2) is 0 Å². The molecule has 1 saturated heterocycles. The van der Waals surface area contributed by atoms with Crippen molar-refractivity contribution in [3.8, 4) is 29.4 Å². The molecule has 0 radical (unpaired) electrons. The van der Waals surface area contributed by atoms with E-state index < -0.39 is 64.4 Å². The molecule has 8 N–H and O–H groups in total. The van der Waals surface area contributed by atoms with Gasteiger partial charge in [-0.3, -0.25) is 14.1 Å². The number of aliphatic hydroxyl groups is 4. The smallest absolute Gasteiger partial charge is 0.342 e. The Morgan fingerprint density at radius 2 is 1.37 bits per heavy atom. The van der Waals surface area contributed by atoms with E-state index in [1.165, 1.54) is 4.90 Å². The summed E-state index contributed by atoms with van der Waals surface area (Å²) in [6.45, 7) is -0.573. The van der Waals surface area contributed by atoms with Gasteiger partial charge in [0.05, 0.1) is 13.2 Å². The van der Waals surface area contributed by atoms with Gasteiger partial charge in [0, 0.05) is 40.9 Å². The van der Waals surface area contributed by atoms with Crippen LogP contribution in [0, 0.1) is 23.7 Å². The summed E-state index contributed by atoms with van der Waals surface area (Å²) in [4.78, 5) is 44.0.